The second-order valence-corrected chi connectivity index (χ2v) is 6.55. The van der Waals surface area contributed by atoms with Gasteiger partial charge < -0.3 is 10.3 Å². The third-order valence-electron chi connectivity index (χ3n) is 4.69. The molecule has 2 aromatic heterocycles. The standard InChI is InChI=1S/C19H25N5O/c1-13(20-11-10-18-21-12-22-24(18)3)8-9-15-14(2)23-17-7-5-4-6-16(17)19(15)25/h4-7,12-13,20H,8-11H2,1-3H3,(H,23,25)/t13-/m1/s1. The van der Waals surface area contributed by atoms with Crippen molar-refractivity contribution in [2.24, 2.45) is 7.05 Å². The van der Waals surface area contributed by atoms with Crippen LogP contribution in [-0.4, -0.2) is 32.3 Å². The van der Waals surface area contributed by atoms with Crippen LogP contribution in [0.25, 0.3) is 10.9 Å². The number of nitrogens with one attached hydrogen (secondary N) is 2. The monoisotopic (exact) mass is 339 g/mol. The van der Waals surface area contributed by atoms with E-state index >= 15 is 0 Å². The predicted molar refractivity (Wildman–Crippen MR) is 99.8 cm³/mol. The van der Waals surface area contributed by atoms with Crippen molar-refractivity contribution in [1.82, 2.24) is 25.1 Å². The molecule has 132 valence electrons. The highest BCUT2D eigenvalue weighted by molar-refractivity contribution is 5.79. The highest BCUT2D eigenvalue weighted by Gasteiger charge is 2.11. The summed E-state index contributed by atoms with van der Waals surface area (Å²) >= 11 is 0. The number of aromatic nitrogens is 4. The summed E-state index contributed by atoms with van der Waals surface area (Å²) in [6.07, 6.45) is 4.11. The first-order valence-electron chi connectivity index (χ1n) is 8.73. The lowest BCUT2D eigenvalue weighted by Gasteiger charge is -2.14. The number of aromatic amines is 1. The van der Waals surface area contributed by atoms with Gasteiger partial charge in [0.05, 0.1) is 0 Å². The molecule has 1 aromatic carbocycles. The quantitative estimate of drug-likeness (QED) is 0.691. The van der Waals surface area contributed by atoms with E-state index in [9.17, 15) is 4.79 Å². The topological polar surface area (TPSA) is 75.6 Å². The van der Waals surface area contributed by atoms with Crippen LogP contribution in [0.5, 0.6) is 0 Å². The highest BCUT2D eigenvalue weighted by Crippen LogP contribution is 2.12. The molecule has 0 aliphatic carbocycles. The molecule has 2 heterocycles. The largest absolute Gasteiger partial charge is 0.358 e. The predicted octanol–water partition coefficient (Wildman–Crippen LogP) is 2.12. The van der Waals surface area contributed by atoms with Gasteiger partial charge in [0.1, 0.15) is 12.2 Å². The van der Waals surface area contributed by atoms with Gasteiger partial charge in [0.2, 0.25) is 0 Å². The van der Waals surface area contributed by atoms with Crippen LogP contribution in [0.4, 0.5) is 0 Å². The van der Waals surface area contributed by atoms with Gasteiger partial charge in [0, 0.05) is 48.2 Å². The zero-order valence-corrected chi connectivity index (χ0v) is 15.0. The van der Waals surface area contributed by atoms with Crippen molar-refractivity contribution in [2.75, 3.05) is 6.54 Å². The van der Waals surface area contributed by atoms with Crippen LogP contribution in [-0.2, 0) is 19.9 Å². The molecular weight excluding hydrogens is 314 g/mol. The van der Waals surface area contributed by atoms with Gasteiger partial charge in [-0.05, 0) is 38.8 Å². The van der Waals surface area contributed by atoms with Crippen LogP contribution >= 0.6 is 0 Å². The lowest BCUT2D eigenvalue weighted by atomic mass is 10.0. The summed E-state index contributed by atoms with van der Waals surface area (Å²) in [5, 5.41) is 8.34. The zero-order chi connectivity index (χ0) is 17.8. The van der Waals surface area contributed by atoms with E-state index in [0.29, 0.717) is 6.04 Å². The fourth-order valence-electron chi connectivity index (χ4n) is 3.14. The zero-order valence-electron chi connectivity index (χ0n) is 15.0. The van der Waals surface area contributed by atoms with Crippen molar-refractivity contribution < 1.29 is 0 Å². The fraction of sp³-hybridized carbons (Fsp3) is 0.421. The normalized spacial score (nSPS) is 12.6. The van der Waals surface area contributed by atoms with E-state index in [-0.39, 0.29) is 5.43 Å². The second-order valence-electron chi connectivity index (χ2n) is 6.55. The maximum atomic E-state index is 12.7. The Hall–Kier alpha value is -2.47. The summed E-state index contributed by atoms with van der Waals surface area (Å²) < 4.78 is 1.80. The fourth-order valence-corrected chi connectivity index (χ4v) is 3.14. The molecule has 3 aromatic rings. The molecule has 0 spiro atoms. The van der Waals surface area contributed by atoms with E-state index in [1.54, 1.807) is 11.0 Å². The number of rotatable bonds is 7. The molecule has 2 N–H and O–H groups in total. The molecule has 6 heteroatoms. The number of aryl methyl sites for hydroxylation is 2. The Kier molecular flexibility index (Phi) is 5.28. The minimum Gasteiger partial charge on any atom is -0.358 e. The lowest BCUT2D eigenvalue weighted by Crippen LogP contribution is -2.29. The Morgan fingerprint density at radius 3 is 2.84 bits per heavy atom. The minimum absolute atomic E-state index is 0.151. The maximum absolute atomic E-state index is 12.7. The number of para-hydroxylation sites is 1. The Morgan fingerprint density at radius 1 is 1.28 bits per heavy atom. The number of hydrogen-bond donors (Lipinski definition) is 2. The first kappa shape index (κ1) is 17.4. The van der Waals surface area contributed by atoms with Crippen LogP contribution in [0.3, 0.4) is 0 Å². The third kappa shape index (κ3) is 3.96. The van der Waals surface area contributed by atoms with Gasteiger partial charge in [-0.15, -0.1) is 0 Å². The molecule has 0 fully saturated rings. The SMILES string of the molecule is Cc1[nH]c2ccccc2c(=O)c1CC[C@@H](C)NCCc1ncnn1C. The van der Waals surface area contributed by atoms with Crippen LogP contribution in [0.1, 0.15) is 30.4 Å². The van der Waals surface area contributed by atoms with Gasteiger partial charge in [-0.1, -0.05) is 12.1 Å². The summed E-state index contributed by atoms with van der Waals surface area (Å²) in [6.45, 7) is 4.98. The number of pyridine rings is 1. The summed E-state index contributed by atoms with van der Waals surface area (Å²) in [5.41, 5.74) is 2.91. The summed E-state index contributed by atoms with van der Waals surface area (Å²) in [7, 11) is 1.90. The number of H-pyrrole nitrogens is 1. The molecule has 1 atom stereocenters. The molecule has 0 unspecified atom stereocenters. The number of fused-ring (bicyclic) bond motifs is 1. The molecule has 0 bridgehead atoms. The van der Waals surface area contributed by atoms with Gasteiger partial charge >= 0.3 is 0 Å². The average molecular weight is 339 g/mol. The van der Waals surface area contributed by atoms with Crippen LogP contribution in [0.2, 0.25) is 0 Å². The minimum atomic E-state index is 0.151. The van der Waals surface area contributed by atoms with Gasteiger partial charge in [0.25, 0.3) is 0 Å². The van der Waals surface area contributed by atoms with Crippen molar-refractivity contribution in [3.63, 3.8) is 0 Å². The Balaban J connectivity index is 1.58. The van der Waals surface area contributed by atoms with Crippen molar-refractivity contribution in [1.29, 1.82) is 0 Å². The smallest absolute Gasteiger partial charge is 0.192 e. The van der Waals surface area contributed by atoms with Crippen molar-refractivity contribution >= 4 is 10.9 Å². The molecule has 0 aliphatic heterocycles. The highest BCUT2D eigenvalue weighted by atomic mass is 16.1. The van der Waals surface area contributed by atoms with E-state index in [4.69, 9.17) is 0 Å². The molecule has 3 rings (SSSR count). The first-order valence-corrected chi connectivity index (χ1v) is 8.73. The molecule has 0 saturated heterocycles. The number of benzene rings is 1. The Labute approximate surface area is 147 Å². The van der Waals surface area contributed by atoms with Gasteiger partial charge in [-0.25, -0.2) is 4.98 Å². The molecule has 0 amide bonds. The Morgan fingerprint density at radius 2 is 2.08 bits per heavy atom. The number of nitrogens with zero attached hydrogens (tertiary/aromatic N) is 3. The van der Waals surface area contributed by atoms with E-state index < -0.39 is 0 Å². The molecule has 0 saturated carbocycles. The van der Waals surface area contributed by atoms with Crippen LogP contribution in [0, 0.1) is 6.92 Å². The molecular formula is C19H25N5O. The summed E-state index contributed by atoms with van der Waals surface area (Å²) in [5.74, 6) is 0.974. The van der Waals surface area contributed by atoms with Crippen LogP contribution in [0.15, 0.2) is 35.4 Å². The third-order valence-corrected chi connectivity index (χ3v) is 4.69. The first-order chi connectivity index (χ1) is 12.1. The molecule has 0 aliphatic rings. The molecule has 6 nitrogen and oxygen atoms in total. The van der Waals surface area contributed by atoms with E-state index in [1.165, 1.54) is 0 Å². The van der Waals surface area contributed by atoms with E-state index in [0.717, 1.165) is 53.8 Å². The van der Waals surface area contributed by atoms with Gasteiger partial charge in [-0.3, -0.25) is 9.48 Å². The molecule has 25 heavy (non-hydrogen) atoms. The van der Waals surface area contributed by atoms with Gasteiger partial charge in [0.15, 0.2) is 5.43 Å². The summed E-state index contributed by atoms with van der Waals surface area (Å²) in [6, 6.07) is 8.02. The van der Waals surface area contributed by atoms with E-state index in [1.807, 2.05) is 38.2 Å². The van der Waals surface area contributed by atoms with Crippen molar-refractivity contribution in [2.45, 2.75) is 39.2 Å². The average Bonchev–Trinajstić information content (AvgIpc) is 3.00. The Bertz CT molecular complexity index is 912. The summed E-state index contributed by atoms with van der Waals surface area (Å²) in [4.78, 5) is 20.3. The lowest BCUT2D eigenvalue weighted by molar-refractivity contribution is 0.508. The van der Waals surface area contributed by atoms with Crippen molar-refractivity contribution in [3.05, 3.63) is 57.9 Å². The second kappa shape index (κ2) is 7.61. The maximum Gasteiger partial charge on any atom is 0.192 e. The molecule has 0 radical (unpaired) electrons. The van der Waals surface area contributed by atoms with Crippen LogP contribution < -0.4 is 10.7 Å². The van der Waals surface area contributed by atoms with E-state index in [2.05, 4.69) is 27.3 Å². The van der Waals surface area contributed by atoms with Gasteiger partial charge in [-0.2, -0.15) is 5.10 Å². The van der Waals surface area contributed by atoms with Crippen molar-refractivity contribution in [3.8, 4) is 0 Å². The number of hydrogen-bond acceptors (Lipinski definition) is 4.